The first-order valence-electron chi connectivity index (χ1n) is 8.61. The molecule has 0 bridgehead atoms. The van der Waals surface area contributed by atoms with E-state index in [4.69, 9.17) is 0 Å². The Morgan fingerprint density at radius 2 is 1.81 bits per heavy atom. The van der Waals surface area contributed by atoms with E-state index in [1.54, 1.807) is 11.4 Å². The Balaban J connectivity index is 1.52. The number of carbonyl (C=O) groups is 1. The summed E-state index contributed by atoms with van der Waals surface area (Å²) in [6.45, 7) is 3.11. The molecule has 2 aliphatic heterocycles. The van der Waals surface area contributed by atoms with Crippen LogP contribution in [0.5, 0.6) is 0 Å². The molecular weight excluding hydrogens is 370 g/mol. The quantitative estimate of drug-likeness (QED) is 0.791. The maximum Gasteiger partial charge on any atom is 0.326 e. The molecule has 1 aromatic carbocycles. The van der Waals surface area contributed by atoms with Crippen LogP contribution in [0.1, 0.15) is 28.1 Å². The lowest BCUT2D eigenvalue weighted by Crippen LogP contribution is -2.49. The summed E-state index contributed by atoms with van der Waals surface area (Å²) in [4.78, 5) is 15.2. The molecule has 0 N–H and O–H groups in total. The average Bonchev–Trinajstić information content (AvgIpc) is 3.15. The van der Waals surface area contributed by atoms with Crippen molar-refractivity contribution in [1.29, 1.82) is 0 Å². The number of benzene rings is 1. The van der Waals surface area contributed by atoms with Crippen LogP contribution in [-0.2, 0) is 10.2 Å². The van der Waals surface area contributed by atoms with Crippen LogP contribution < -0.4 is 8.61 Å². The van der Waals surface area contributed by atoms with E-state index in [2.05, 4.69) is 0 Å². The predicted octanol–water partition coefficient (Wildman–Crippen LogP) is 2.86. The minimum absolute atomic E-state index is 0.0448. The van der Waals surface area contributed by atoms with E-state index in [0.717, 1.165) is 16.1 Å². The van der Waals surface area contributed by atoms with Crippen molar-refractivity contribution in [3.8, 4) is 0 Å². The lowest BCUT2D eigenvalue weighted by atomic mass is 10.0. The van der Waals surface area contributed by atoms with Crippen LogP contribution in [0.15, 0.2) is 35.7 Å². The van der Waals surface area contributed by atoms with Gasteiger partial charge >= 0.3 is 10.2 Å². The Hall–Kier alpha value is -2.06. The molecule has 6 nitrogen and oxygen atoms in total. The normalized spacial score (nSPS) is 19.7. The van der Waals surface area contributed by atoms with E-state index in [0.29, 0.717) is 31.6 Å². The fraction of sp³-hybridized carbons (Fsp3) is 0.389. The lowest BCUT2D eigenvalue weighted by Gasteiger charge is -2.36. The van der Waals surface area contributed by atoms with Gasteiger partial charge in [0.1, 0.15) is 0 Å². The molecule has 4 rings (SSSR count). The van der Waals surface area contributed by atoms with Crippen LogP contribution >= 0.6 is 11.3 Å². The molecule has 0 radical (unpaired) electrons. The van der Waals surface area contributed by atoms with Gasteiger partial charge < -0.3 is 4.90 Å². The summed E-state index contributed by atoms with van der Waals surface area (Å²) < 4.78 is 28.6. The molecule has 0 spiro atoms. The van der Waals surface area contributed by atoms with Crippen LogP contribution in [-0.4, -0.2) is 45.4 Å². The smallest absolute Gasteiger partial charge is 0.326 e. The number of hydrogen-bond donors (Lipinski definition) is 0. The fourth-order valence-corrected chi connectivity index (χ4v) is 6.21. The zero-order valence-corrected chi connectivity index (χ0v) is 16.4. The Kier molecular flexibility index (Phi) is 4.19. The molecule has 1 amide bonds. The van der Waals surface area contributed by atoms with Crippen LogP contribution in [0.4, 0.5) is 11.4 Å². The molecule has 1 fully saturated rings. The third kappa shape index (κ3) is 2.68. The second kappa shape index (κ2) is 6.28. The predicted molar refractivity (Wildman–Crippen MR) is 104 cm³/mol. The Labute approximate surface area is 157 Å². The zero-order valence-electron chi connectivity index (χ0n) is 14.8. The van der Waals surface area contributed by atoms with Crippen molar-refractivity contribution < 1.29 is 13.2 Å². The first kappa shape index (κ1) is 17.4. The van der Waals surface area contributed by atoms with E-state index in [9.17, 15) is 13.2 Å². The van der Waals surface area contributed by atoms with Gasteiger partial charge in [0.2, 0.25) is 0 Å². The van der Waals surface area contributed by atoms with Crippen molar-refractivity contribution >= 4 is 38.8 Å². The number of thiophene rings is 1. The number of rotatable bonds is 2. The van der Waals surface area contributed by atoms with Crippen molar-refractivity contribution in [3.63, 3.8) is 0 Å². The van der Waals surface area contributed by atoms with Crippen molar-refractivity contribution in [3.05, 3.63) is 46.2 Å². The van der Waals surface area contributed by atoms with Crippen LogP contribution in [0.25, 0.3) is 0 Å². The highest BCUT2D eigenvalue weighted by atomic mass is 32.2. The third-order valence-electron chi connectivity index (χ3n) is 5.08. The second-order valence-corrected chi connectivity index (χ2v) is 9.52. The van der Waals surface area contributed by atoms with E-state index < -0.39 is 10.2 Å². The summed E-state index contributed by atoms with van der Waals surface area (Å²) in [5.41, 5.74) is 2.53. The number of amides is 1. The topological polar surface area (TPSA) is 60.9 Å². The van der Waals surface area contributed by atoms with Gasteiger partial charge in [0.15, 0.2) is 0 Å². The molecule has 0 atom stereocenters. The van der Waals surface area contributed by atoms with Crippen LogP contribution in [0.2, 0.25) is 0 Å². The lowest BCUT2D eigenvalue weighted by molar-refractivity contribution is 0.0720. The summed E-state index contributed by atoms with van der Waals surface area (Å²) in [5, 5.41) is 1.98. The number of para-hydroxylation sites is 2. The Morgan fingerprint density at radius 1 is 1.15 bits per heavy atom. The first-order chi connectivity index (χ1) is 12.4. The highest BCUT2D eigenvalue weighted by molar-refractivity contribution is 7.94. The highest BCUT2D eigenvalue weighted by Gasteiger charge is 2.43. The van der Waals surface area contributed by atoms with Crippen molar-refractivity contribution in [2.24, 2.45) is 0 Å². The average molecular weight is 392 g/mol. The van der Waals surface area contributed by atoms with Gasteiger partial charge in [-0.3, -0.25) is 9.10 Å². The van der Waals surface area contributed by atoms with Gasteiger partial charge in [0.25, 0.3) is 5.91 Å². The minimum Gasteiger partial charge on any atom is -0.338 e. The molecule has 0 saturated carbocycles. The second-order valence-electron chi connectivity index (χ2n) is 6.77. The molecule has 3 heterocycles. The zero-order chi connectivity index (χ0) is 18.5. The number of fused-ring (bicyclic) bond motifs is 1. The first-order valence-corrected chi connectivity index (χ1v) is 10.9. The summed E-state index contributed by atoms with van der Waals surface area (Å²) in [6, 6.07) is 9.17. The van der Waals surface area contributed by atoms with E-state index in [-0.39, 0.29) is 11.9 Å². The number of nitrogens with zero attached hydrogens (tertiary/aromatic N) is 3. The molecule has 26 heavy (non-hydrogen) atoms. The van der Waals surface area contributed by atoms with E-state index in [1.165, 1.54) is 15.6 Å². The molecular formula is C18H21N3O3S2. The molecule has 138 valence electrons. The number of aryl methyl sites for hydroxylation is 1. The van der Waals surface area contributed by atoms with Gasteiger partial charge in [-0.2, -0.15) is 8.42 Å². The van der Waals surface area contributed by atoms with Gasteiger partial charge in [-0.1, -0.05) is 12.1 Å². The monoisotopic (exact) mass is 391 g/mol. The maximum atomic E-state index is 12.9. The van der Waals surface area contributed by atoms with E-state index >= 15 is 0 Å². The largest absolute Gasteiger partial charge is 0.338 e. The molecule has 2 aromatic rings. The third-order valence-corrected chi connectivity index (χ3v) is 7.99. The van der Waals surface area contributed by atoms with Crippen molar-refractivity contribution in [2.75, 3.05) is 28.7 Å². The van der Waals surface area contributed by atoms with Gasteiger partial charge in [-0.25, -0.2) is 4.31 Å². The summed E-state index contributed by atoms with van der Waals surface area (Å²) in [6.07, 6.45) is 1.27. The summed E-state index contributed by atoms with van der Waals surface area (Å²) in [5.74, 6) is 0.0448. The SMILES string of the molecule is Cc1csc(C(=O)N2CCC(N3c4ccccc4N(C)S3(=O)=O)CC2)c1. The van der Waals surface area contributed by atoms with Gasteiger partial charge in [0, 0.05) is 20.1 Å². The number of hydrogen-bond acceptors (Lipinski definition) is 4. The minimum atomic E-state index is -3.55. The number of piperidine rings is 1. The molecule has 1 saturated heterocycles. The number of carbonyl (C=O) groups excluding carboxylic acids is 1. The Bertz CT molecular complexity index is 946. The maximum absolute atomic E-state index is 12.9. The van der Waals surface area contributed by atoms with Crippen molar-refractivity contribution in [2.45, 2.75) is 25.8 Å². The molecule has 1 aromatic heterocycles. The van der Waals surface area contributed by atoms with Crippen LogP contribution in [0.3, 0.4) is 0 Å². The summed E-state index contributed by atoms with van der Waals surface area (Å²) in [7, 11) is -1.96. The van der Waals surface area contributed by atoms with Crippen molar-refractivity contribution in [1.82, 2.24) is 4.90 Å². The number of likely N-dealkylation sites (tertiary alicyclic amines) is 1. The number of anilines is 2. The van der Waals surface area contributed by atoms with E-state index in [1.807, 2.05) is 47.5 Å². The van der Waals surface area contributed by atoms with Gasteiger partial charge in [-0.05, 0) is 48.9 Å². The fourth-order valence-electron chi connectivity index (χ4n) is 3.69. The van der Waals surface area contributed by atoms with Crippen LogP contribution in [0, 0.1) is 6.92 Å². The molecule has 0 unspecified atom stereocenters. The summed E-state index contributed by atoms with van der Waals surface area (Å²) >= 11 is 1.46. The highest BCUT2D eigenvalue weighted by Crippen LogP contribution is 2.42. The van der Waals surface area contributed by atoms with Gasteiger partial charge in [0.05, 0.1) is 22.3 Å². The Morgan fingerprint density at radius 3 is 2.42 bits per heavy atom. The van der Waals surface area contributed by atoms with Gasteiger partial charge in [-0.15, -0.1) is 11.3 Å². The molecule has 8 heteroatoms. The molecule has 2 aliphatic rings. The molecule has 0 aliphatic carbocycles. The standard InChI is InChI=1S/C18H21N3O3S2/c1-13-11-17(25-12-13)18(22)20-9-7-14(8-10-20)21-16-6-4-3-5-15(16)19(2)26(21,23)24/h3-6,11-12,14H,7-10H2,1-2H3.